The topological polar surface area (TPSA) is 95.6 Å². The molecule has 2 aliphatic carbocycles. The fraction of sp³-hybridized carbons (Fsp3) is 0.476. The number of fused-ring (bicyclic) bond motifs is 2. The molecular weight excluding hydrogens is 495 g/mol. The number of halogens is 1. The van der Waals surface area contributed by atoms with Crippen molar-refractivity contribution >= 4 is 51.3 Å². The molecule has 154 valence electrons. The standard InChI is InChI=1S/C18H21IN6S.C3H6/c19-13-8-11-4-3-5-12(11)9-14(13)26-18-24-15-16(21)22-10-23-17(15)25(18)7-2-1-6-20;1-2-3-1/h8-10H,1-7,20H2,(H2,21,22,23);1-3H2. The number of nitrogens with zero attached hydrogens (tertiary/aromatic N) is 4. The lowest BCUT2D eigenvalue weighted by Gasteiger charge is -2.10. The number of unbranched alkanes of at least 4 members (excludes halogenated alkanes) is 1. The van der Waals surface area contributed by atoms with Gasteiger partial charge in [0.25, 0.3) is 0 Å². The molecule has 0 unspecified atom stereocenters. The normalized spacial score (nSPS) is 14.6. The Morgan fingerprint density at radius 3 is 2.52 bits per heavy atom. The van der Waals surface area contributed by atoms with Gasteiger partial charge in [0.1, 0.15) is 6.33 Å². The molecule has 0 radical (unpaired) electrons. The van der Waals surface area contributed by atoms with Crippen molar-refractivity contribution in [3.63, 3.8) is 0 Å². The number of nitrogen functional groups attached to an aromatic ring is 1. The Morgan fingerprint density at radius 2 is 1.79 bits per heavy atom. The van der Waals surface area contributed by atoms with Crippen LogP contribution in [-0.2, 0) is 19.4 Å². The first-order chi connectivity index (χ1) is 14.2. The van der Waals surface area contributed by atoms with E-state index in [9.17, 15) is 0 Å². The first-order valence-corrected chi connectivity index (χ1v) is 12.2. The number of aryl methyl sites for hydroxylation is 3. The minimum atomic E-state index is 0.429. The maximum absolute atomic E-state index is 6.03. The number of imidazole rings is 1. The Morgan fingerprint density at radius 1 is 1.03 bits per heavy atom. The minimum absolute atomic E-state index is 0.429. The third-order valence-electron chi connectivity index (χ3n) is 5.06. The molecule has 0 saturated heterocycles. The number of anilines is 1. The van der Waals surface area contributed by atoms with E-state index in [0.29, 0.717) is 17.9 Å². The van der Waals surface area contributed by atoms with Crippen molar-refractivity contribution in [3.8, 4) is 0 Å². The molecule has 2 heterocycles. The molecule has 0 bridgehead atoms. The van der Waals surface area contributed by atoms with Gasteiger partial charge in [0.2, 0.25) is 0 Å². The van der Waals surface area contributed by atoms with Crippen LogP contribution in [0.25, 0.3) is 11.2 Å². The van der Waals surface area contributed by atoms with Gasteiger partial charge in [0.05, 0.1) is 0 Å². The maximum Gasteiger partial charge on any atom is 0.175 e. The number of benzene rings is 1. The Bertz CT molecular complexity index is 998. The molecule has 8 heteroatoms. The predicted octanol–water partition coefficient (Wildman–Crippen LogP) is 4.56. The van der Waals surface area contributed by atoms with Crippen LogP contribution in [0.15, 0.2) is 28.5 Å². The second-order valence-corrected chi connectivity index (χ2v) is 9.71. The van der Waals surface area contributed by atoms with E-state index in [2.05, 4.69) is 49.3 Å². The van der Waals surface area contributed by atoms with Crippen molar-refractivity contribution in [2.75, 3.05) is 12.3 Å². The first kappa shape index (κ1) is 20.9. The Kier molecular flexibility index (Phi) is 6.92. The van der Waals surface area contributed by atoms with E-state index in [1.54, 1.807) is 11.8 Å². The summed E-state index contributed by atoms with van der Waals surface area (Å²) in [5.74, 6) is 0.429. The van der Waals surface area contributed by atoms with Crippen LogP contribution in [0, 0.1) is 3.57 Å². The maximum atomic E-state index is 6.03. The summed E-state index contributed by atoms with van der Waals surface area (Å²) in [7, 11) is 0. The summed E-state index contributed by atoms with van der Waals surface area (Å²) in [5.41, 5.74) is 16.1. The molecule has 3 aromatic rings. The van der Waals surface area contributed by atoms with Crippen molar-refractivity contribution in [3.05, 3.63) is 33.2 Å². The SMILES string of the molecule is C1CC1.NCCCCn1c(Sc2cc3c(cc2I)CCC3)nc2c(N)ncnc21. The number of hydrogen-bond acceptors (Lipinski definition) is 6. The van der Waals surface area contributed by atoms with Crippen molar-refractivity contribution in [1.29, 1.82) is 0 Å². The molecule has 0 aliphatic heterocycles. The molecule has 2 aliphatic rings. The van der Waals surface area contributed by atoms with Gasteiger partial charge in [-0.1, -0.05) is 31.0 Å². The first-order valence-electron chi connectivity index (χ1n) is 10.3. The average Bonchev–Trinajstić information content (AvgIpc) is 3.46. The summed E-state index contributed by atoms with van der Waals surface area (Å²) in [6.45, 7) is 1.52. The molecular formula is C21H27IN6S. The third kappa shape index (κ3) is 5.03. The van der Waals surface area contributed by atoms with Gasteiger partial charge in [-0.05, 0) is 84.5 Å². The van der Waals surface area contributed by atoms with Crippen molar-refractivity contribution in [1.82, 2.24) is 19.5 Å². The van der Waals surface area contributed by atoms with Crippen molar-refractivity contribution in [2.24, 2.45) is 5.73 Å². The summed E-state index contributed by atoms with van der Waals surface area (Å²) in [6, 6.07) is 4.65. The van der Waals surface area contributed by atoms with Crippen LogP contribution in [0.1, 0.15) is 49.7 Å². The quantitative estimate of drug-likeness (QED) is 0.364. The molecule has 1 saturated carbocycles. The highest BCUT2D eigenvalue weighted by Gasteiger charge is 2.19. The smallest absolute Gasteiger partial charge is 0.175 e. The van der Waals surface area contributed by atoms with Gasteiger partial charge in [0.15, 0.2) is 22.1 Å². The molecule has 1 fully saturated rings. The van der Waals surface area contributed by atoms with Crippen LogP contribution < -0.4 is 11.5 Å². The summed E-state index contributed by atoms with van der Waals surface area (Å²) in [6.07, 6.45) is 11.6. The number of nitrogens with two attached hydrogens (primary N) is 2. The Hall–Kier alpha value is -1.39. The number of hydrogen-bond donors (Lipinski definition) is 2. The second kappa shape index (κ2) is 9.61. The van der Waals surface area contributed by atoms with Gasteiger partial charge in [-0.2, -0.15) is 0 Å². The molecule has 29 heavy (non-hydrogen) atoms. The number of rotatable bonds is 6. The number of aromatic nitrogens is 4. The highest BCUT2D eigenvalue weighted by molar-refractivity contribution is 14.1. The van der Waals surface area contributed by atoms with Crippen molar-refractivity contribution < 1.29 is 0 Å². The zero-order valence-corrected chi connectivity index (χ0v) is 19.5. The van der Waals surface area contributed by atoms with Crippen LogP contribution >= 0.6 is 34.4 Å². The van der Waals surface area contributed by atoms with Gasteiger partial charge < -0.3 is 16.0 Å². The molecule has 0 atom stereocenters. The van der Waals surface area contributed by atoms with E-state index in [-0.39, 0.29) is 0 Å². The van der Waals surface area contributed by atoms with Crippen LogP contribution in [-0.4, -0.2) is 26.1 Å². The van der Waals surface area contributed by atoms with E-state index in [1.165, 1.54) is 64.4 Å². The molecule has 6 nitrogen and oxygen atoms in total. The summed E-state index contributed by atoms with van der Waals surface area (Å²) >= 11 is 4.11. The minimum Gasteiger partial charge on any atom is -0.382 e. The lowest BCUT2D eigenvalue weighted by Crippen LogP contribution is -2.05. The van der Waals surface area contributed by atoms with Gasteiger partial charge in [-0.25, -0.2) is 15.0 Å². The van der Waals surface area contributed by atoms with Gasteiger partial charge in [0, 0.05) is 15.0 Å². The highest BCUT2D eigenvalue weighted by Crippen LogP contribution is 2.37. The van der Waals surface area contributed by atoms with Crippen molar-refractivity contribution in [2.45, 2.75) is 68.0 Å². The van der Waals surface area contributed by atoms with E-state index in [0.717, 1.165) is 30.2 Å². The molecule has 1 aromatic carbocycles. The van der Waals surface area contributed by atoms with Gasteiger partial charge in [-0.3, -0.25) is 0 Å². The predicted molar refractivity (Wildman–Crippen MR) is 127 cm³/mol. The zero-order valence-electron chi connectivity index (χ0n) is 16.5. The van der Waals surface area contributed by atoms with Gasteiger partial charge in [-0.15, -0.1) is 0 Å². The monoisotopic (exact) mass is 522 g/mol. The second-order valence-electron chi connectivity index (χ2n) is 7.54. The average molecular weight is 522 g/mol. The lowest BCUT2D eigenvalue weighted by molar-refractivity contribution is 0.585. The Balaban J connectivity index is 0.000000626. The fourth-order valence-corrected chi connectivity index (χ4v) is 5.22. The highest BCUT2D eigenvalue weighted by atomic mass is 127. The van der Waals surface area contributed by atoms with Gasteiger partial charge >= 0.3 is 0 Å². The van der Waals surface area contributed by atoms with Crippen LogP contribution in [0.4, 0.5) is 5.82 Å². The molecule has 2 aromatic heterocycles. The largest absolute Gasteiger partial charge is 0.382 e. The molecule has 0 amide bonds. The summed E-state index contributed by atoms with van der Waals surface area (Å²) in [4.78, 5) is 14.5. The molecule has 5 rings (SSSR count). The zero-order chi connectivity index (χ0) is 20.2. The van der Waals surface area contributed by atoms with E-state index in [1.807, 2.05) is 0 Å². The molecule has 0 spiro atoms. The van der Waals surface area contributed by atoms with E-state index in [4.69, 9.17) is 16.5 Å². The molecule has 4 N–H and O–H groups in total. The van der Waals surface area contributed by atoms with Crippen LogP contribution in [0.2, 0.25) is 0 Å². The van der Waals surface area contributed by atoms with E-state index < -0.39 is 0 Å². The Labute approximate surface area is 189 Å². The van der Waals surface area contributed by atoms with Crippen LogP contribution in [0.3, 0.4) is 0 Å². The third-order valence-corrected chi connectivity index (χ3v) is 7.37. The fourth-order valence-electron chi connectivity index (χ4n) is 3.38. The lowest BCUT2D eigenvalue weighted by atomic mass is 10.1. The van der Waals surface area contributed by atoms with Crippen LogP contribution in [0.5, 0.6) is 0 Å². The summed E-state index contributed by atoms with van der Waals surface area (Å²) < 4.78 is 3.42. The summed E-state index contributed by atoms with van der Waals surface area (Å²) in [5, 5.41) is 0.917. The van der Waals surface area contributed by atoms with E-state index >= 15 is 0 Å².